The van der Waals surface area contributed by atoms with Gasteiger partial charge in [-0.1, -0.05) is 6.07 Å². The van der Waals surface area contributed by atoms with Gasteiger partial charge in [0, 0.05) is 13.0 Å². The monoisotopic (exact) mass is 293 g/mol. The van der Waals surface area contributed by atoms with Crippen LogP contribution in [0.15, 0.2) is 18.2 Å². The minimum atomic E-state index is -1.16. The molecule has 0 saturated carbocycles. The lowest BCUT2D eigenvalue weighted by molar-refractivity contribution is -0.163. The molecule has 112 valence electrons. The van der Waals surface area contributed by atoms with Crippen LogP contribution >= 0.6 is 0 Å². The molecule has 1 aromatic carbocycles. The maximum absolute atomic E-state index is 12.0. The van der Waals surface area contributed by atoms with E-state index >= 15 is 0 Å². The van der Waals surface area contributed by atoms with Crippen LogP contribution in [0, 0.1) is 0 Å². The van der Waals surface area contributed by atoms with Crippen LogP contribution in [0.3, 0.4) is 0 Å². The Balaban J connectivity index is 2.37. The van der Waals surface area contributed by atoms with Crippen molar-refractivity contribution in [2.75, 3.05) is 14.2 Å². The maximum atomic E-state index is 12.0. The molecule has 21 heavy (non-hydrogen) atoms. The van der Waals surface area contributed by atoms with Crippen LogP contribution in [0.25, 0.3) is 0 Å². The van der Waals surface area contributed by atoms with Gasteiger partial charge in [-0.3, -0.25) is 4.79 Å². The van der Waals surface area contributed by atoms with E-state index in [4.69, 9.17) is 4.74 Å². The molecule has 0 radical (unpaired) electrons. The Labute approximate surface area is 121 Å². The number of hydrogen-bond acceptors (Lipinski definition) is 5. The second kappa shape index (κ2) is 5.82. The number of carbonyl (C=O) groups excluding carboxylic acids is 2. The maximum Gasteiger partial charge on any atom is 0.396 e. The molecule has 1 aromatic rings. The van der Waals surface area contributed by atoms with Crippen molar-refractivity contribution in [3.63, 3.8) is 0 Å². The smallest absolute Gasteiger partial charge is 0.396 e. The first-order valence-corrected chi connectivity index (χ1v) is 6.25. The van der Waals surface area contributed by atoms with Crippen molar-refractivity contribution in [2.24, 2.45) is 0 Å². The molecule has 0 saturated heterocycles. The van der Waals surface area contributed by atoms with Gasteiger partial charge in [0.05, 0.1) is 14.2 Å². The highest BCUT2D eigenvalue weighted by Crippen LogP contribution is 2.27. The van der Waals surface area contributed by atoms with Crippen molar-refractivity contribution in [3.8, 4) is 5.75 Å². The lowest BCUT2D eigenvalue weighted by Crippen LogP contribution is -2.51. The molecule has 0 aromatic heterocycles. The van der Waals surface area contributed by atoms with Gasteiger partial charge in [0.25, 0.3) is 0 Å². The summed E-state index contributed by atoms with van der Waals surface area (Å²) in [5.41, 5.74) is 1.57. The Hall–Kier alpha value is -2.57. The van der Waals surface area contributed by atoms with Gasteiger partial charge in [0.1, 0.15) is 11.8 Å². The quantitative estimate of drug-likeness (QED) is 0.619. The summed E-state index contributed by atoms with van der Waals surface area (Å²) in [4.78, 5) is 35.7. The molecule has 1 N–H and O–H groups in total. The molecular formula is C14H15NO6. The Morgan fingerprint density at radius 3 is 2.52 bits per heavy atom. The van der Waals surface area contributed by atoms with Crippen LogP contribution in [0.2, 0.25) is 0 Å². The van der Waals surface area contributed by atoms with E-state index in [2.05, 4.69) is 4.74 Å². The van der Waals surface area contributed by atoms with Crippen LogP contribution in [0.1, 0.15) is 11.1 Å². The van der Waals surface area contributed by atoms with E-state index in [0.717, 1.165) is 23.1 Å². The number of aliphatic carboxylic acids is 1. The van der Waals surface area contributed by atoms with Crippen molar-refractivity contribution < 1.29 is 29.0 Å². The van der Waals surface area contributed by atoms with Crippen LogP contribution in [-0.4, -0.2) is 48.1 Å². The molecule has 0 spiro atoms. The molecule has 0 fully saturated rings. The Morgan fingerprint density at radius 2 is 1.95 bits per heavy atom. The molecule has 0 aliphatic carbocycles. The number of hydrogen-bond donors (Lipinski definition) is 1. The van der Waals surface area contributed by atoms with Crippen LogP contribution in [0.4, 0.5) is 0 Å². The summed E-state index contributed by atoms with van der Waals surface area (Å²) in [6.07, 6.45) is 0.136. The van der Waals surface area contributed by atoms with Gasteiger partial charge in [-0.25, -0.2) is 9.59 Å². The Bertz CT molecular complexity index is 597. The molecule has 2 rings (SSSR count). The van der Waals surface area contributed by atoms with E-state index < -0.39 is 23.9 Å². The SMILES string of the molecule is COC(=O)C(=O)N1Cc2cc(OC)ccc2CC1C(=O)O. The number of carboxylic acids is 1. The molecule has 0 bridgehead atoms. The van der Waals surface area contributed by atoms with Crippen LogP contribution in [0.5, 0.6) is 5.75 Å². The zero-order valence-corrected chi connectivity index (χ0v) is 11.7. The summed E-state index contributed by atoms with van der Waals surface area (Å²) in [5, 5.41) is 9.27. The number of carbonyl (C=O) groups is 3. The third-order valence-corrected chi connectivity index (χ3v) is 3.45. The van der Waals surface area contributed by atoms with Crippen molar-refractivity contribution in [1.29, 1.82) is 0 Å². The number of benzene rings is 1. The topological polar surface area (TPSA) is 93.1 Å². The summed E-state index contributed by atoms with van der Waals surface area (Å²) in [6.45, 7) is 0.0252. The second-order valence-corrected chi connectivity index (χ2v) is 4.62. The number of amides is 1. The van der Waals surface area contributed by atoms with E-state index in [1.165, 1.54) is 7.11 Å². The van der Waals surface area contributed by atoms with Gasteiger partial charge < -0.3 is 19.5 Å². The molecule has 1 aliphatic rings. The standard InChI is InChI=1S/C14H15NO6/c1-20-10-4-3-8-6-11(13(17)18)15(7-9(8)5-10)12(16)14(19)21-2/h3-5,11H,6-7H2,1-2H3,(H,17,18). The minimum Gasteiger partial charge on any atom is -0.497 e. The average molecular weight is 293 g/mol. The zero-order chi connectivity index (χ0) is 15.6. The van der Waals surface area contributed by atoms with Crippen molar-refractivity contribution in [2.45, 2.75) is 19.0 Å². The van der Waals surface area contributed by atoms with Gasteiger partial charge in [-0.05, 0) is 23.3 Å². The fraction of sp³-hybridized carbons (Fsp3) is 0.357. The van der Waals surface area contributed by atoms with E-state index in [9.17, 15) is 19.5 Å². The highest BCUT2D eigenvalue weighted by atomic mass is 16.5. The predicted molar refractivity (Wildman–Crippen MR) is 70.7 cm³/mol. The summed E-state index contributed by atoms with van der Waals surface area (Å²) < 4.78 is 9.49. The molecule has 1 aliphatic heterocycles. The second-order valence-electron chi connectivity index (χ2n) is 4.62. The van der Waals surface area contributed by atoms with E-state index in [-0.39, 0.29) is 13.0 Å². The fourth-order valence-corrected chi connectivity index (χ4v) is 2.33. The van der Waals surface area contributed by atoms with Crippen molar-refractivity contribution in [3.05, 3.63) is 29.3 Å². The molecule has 1 amide bonds. The minimum absolute atomic E-state index is 0.0252. The lowest BCUT2D eigenvalue weighted by atomic mass is 9.93. The molecule has 7 heteroatoms. The molecule has 1 unspecified atom stereocenters. The van der Waals surface area contributed by atoms with Gasteiger partial charge in [0.15, 0.2) is 0 Å². The number of carboxylic acid groups (broad SMARTS) is 1. The average Bonchev–Trinajstić information content (AvgIpc) is 2.51. The van der Waals surface area contributed by atoms with Gasteiger partial charge >= 0.3 is 17.8 Å². The predicted octanol–water partition coefficient (Wildman–Crippen LogP) is 0.206. The first-order chi connectivity index (χ1) is 9.97. The molecule has 1 heterocycles. The zero-order valence-electron chi connectivity index (χ0n) is 11.7. The molecule has 1 atom stereocenters. The summed E-state index contributed by atoms with van der Waals surface area (Å²) in [7, 11) is 2.60. The third kappa shape index (κ3) is 2.81. The van der Waals surface area contributed by atoms with Gasteiger partial charge in [0.2, 0.25) is 0 Å². The molecule has 7 nitrogen and oxygen atoms in total. The fourth-order valence-electron chi connectivity index (χ4n) is 2.33. The van der Waals surface area contributed by atoms with E-state index in [1.807, 2.05) is 0 Å². The summed E-state index contributed by atoms with van der Waals surface area (Å²) >= 11 is 0. The summed E-state index contributed by atoms with van der Waals surface area (Å²) in [6, 6.07) is 4.14. The van der Waals surface area contributed by atoms with Crippen molar-refractivity contribution in [1.82, 2.24) is 4.90 Å². The highest BCUT2D eigenvalue weighted by Gasteiger charge is 2.37. The van der Waals surface area contributed by atoms with Crippen LogP contribution < -0.4 is 4.74 Å². The normalized spacial score (nSPS) is 16.9. The van der Waals surface area contributed by atoms with E-state index in [0.29, 0.717) is 5.75 Å². The Morgan fingerprint density at radius 1 is 1.24 bits per heavy atom. The molecular weight excluding hydrogens is 278 g/mol. The third-order valence-electron chi connectivity index (χ3n) is 3.45. The lowest BCUT2D eigenvalue weighted by Gasteiger charge is -2.33. The highest BCUT2D eigenvalue weighted by molar-refractivity contribution is 6.32. The van der Waals surface area contributed by atoms with Crippen LogP contribution in [-0.2, 0) is 32.1 Å². The van der Waals surface area contributed by atoms with Crippen molar-refractivity contribution >= 4 is 17.8 Å². The first kappa shape index (κ1) is 14.8. The largest absolute Gasteiger partial charge is 0.497 e. The number of nitrogens with zero attached hydrogens (tertiary/aromatic N) is 1. The number of methoxy groups -OCH3 is 2. The van der Waals surface area contributed by atoms with Gasteiger partial charge in [-0.2, -0.15) is 0 Å². The number of ether oxygens (including phenoxy) is 2. The first-order valence-electron chi connectivity index (χ1n) is 6.25. The number of rotatable bonds is 2. The summed E-state index contributed by atoms with van der Waals surface area (Å²) in [5.74, 6) is -2.59. The number of esters is 1. The Kier molecular flexibility index (Phi) is 4.11. The number of fused-ring (bicyclic) bond motifs is 1. The van der Waals surface area contributed by atoms with Gasteiger partial charge in [-0.15, -0.1) is 0 Å². The van der Waals surface area contributed by atoms with E-state index in [1.54, 1.807) is 18.2 Å².